The van der Waals surface area contributed by atoms with Gasteiger partial charge in [0.25, 0.3) is 0 Å². The summed E-state index contributed by atoms with van der Waals surface area (Å²) in [5.74, 6) is 1.62. The van der Waals surface area contributed by atoms with E-state index in [9.17, 15) is 0 Å². The van der Waals surface area contributed by atoms with Crippen molar-refractivity contribution >= 4 is 0 Å². The van der Waals surface area contributed by atoms with Gasteiger partial charge in [-0.3, -0.25) is 0 Å². The summed E-state index contributed by atoms with van der Waals surface area (Å²) in [6, 6.07) is 9.21. The van der Waals surface area contributed by atoms with Crippen LogP contribution in [-0.2, 0) is 4.74 Å². The average molecular weight is 263 g/mol. The second kappa shape index (κ2) is 6.92. The van der Waals surface area contributed by atoms with Crippen LogP contribution >= 0.6 is 0 Å². The molecular weight excluding hydrogens is 238 g/mol. The fourth-order valence-electron chi connectivity index (χ4n) is 2.69. The van der Waals surface area contributed by atoms with Crippen LogP contribution in [0.25, 0.3) is 0 Å². The molecule has 1 saturated heterocycles. The van der Waals surface area contributed by atoms with Gasteiger partial charge >= 0.3 is 0 Å². The predicted molar refractivity (Wildman–Crippen MR) is 77.9 cm³/mol. The molecule has 3 nitrogen and oxygen atoms in total. The van der Waals surface area contributed by atoms with Gasteiger partial charge < -0.3 is 14.4 Å². The number of piperidine rings is 1. The molecule has 2 unspecified atom stereocenters. The van der Waals surface area contributed by atoms with Gasteiger partial charge in [-0.15, -0.1) is 0 Å². The molecule has 0 amide bonds. The number of nitrogens with zero attached hydrogens (tertiary/aromatic N) is 1. The zero-order chi connectivity index (χ0) is 13.7. The van der Waals surface area contributed by atoms with Crippen molar-refractivity contribution in [3.8, 4) is 5.75 Å². The van der Waals surface area contributed by atoms with Crippen molar-refractivity contribution in [2.75, 3.05) is 33.9 Å². The van der Waals surface area contributed by atoms with E-state index in [1.165, 1.54) is 24.9 Å². The minimum Gasteiger partial charge on any atom is -0.491 e. The van der Waals surface area contributed by atoms with E-state index in [1.54, 1.807) is 7.11 Å². The van der Waals surface area contributed by atoms with Crippen LogP contribution in [0.15, 0.2) is 24.3 Å². The standard InChI is InChI=1S/C16H25NO2/c1-13-11-15(7-8-17(13)2)14-5-4-6-16(12-14)19-10-9-18-3/h4-6,12-13,15H,7-11H2,1-3H3. The Morgan fingerprint density at radius 1 is 1.32 bits per heavy atom. The van der Waals surface area contributed by atoms with Crippen LogP contribution in [-0.4, -0.2) is 44.9 Å². The summed E-state index contributed by atoms with van der Waals surface area (Å²) in [4.78, 5) is 2.44. The summed E-state index contributed by atoms with van der Waals surface area (Å²) in [6.07, 6.45) is 2.47. The molecule has 2 rings (SSSR count). The number of rotatable bonds is 5. The maximum absolute atomic E-state index is 5.69. The lowest BCUT2D eigenvalue weighted by atomic mass is 9.86. The first-order chi connectivity index (χ1) is 9.20. The molecule has 0 aromatic heterocycles. The lowest BCUT2D eigenvalue weighted by Crippen LogP contribution is -2.36. The highest BCUT2D eigenvalue weighted by molar-refractivity contribution is 5.31. The van der Waals surface area contributed by atoms with Crippen molar-refractivity contribution in [1.82, 2.24) is 4.90 Å². The zero-order valence-electron chi connectivity index (χ0n) is 12.3. The molecule has 0 saturated carbocycles. The molecule has 0 aliphatic carbocycles. The summed E-state index contributed by atoms with van der Waals surface area (Å²) in [6.45, 7) is 4.74. The predicted octanol–water partition coefficient (Wildman–Crippen LogP) is 2.91. The van der Waals surface area contributed by atoms with Gasteiger partial charge in [-0.2, -0.15) is 0 Å². The third-order valence-corrected chi connectivity index (χ3v) is 4.09. The second-order valence-corrected chi connectivity index (χ2v) is 5.46. The highest BCUT2D eigenvalue weighted by Gasteiger charge is 2.23. The molecule has 3 heteroatoms. The minimum atomic E-state index is 0.615. The molecular formula is C16H25NO2. The molecule has 2 atom stereocenters. The summed E-state index contributed by atoms with van der Waals surface area (Å²) in [5.41, 5.74) is 1.41. The number of hydrogen-bond donors (Lipinski definition) is 0. The van der Waals surface area contributed by atoms with E-state index >= 15 is 0 Å². The largest absolute Gasteiger partial charge is 0.491 e. The van der Waals surface area contributed by atoms with Crippen molar-refractivity contribution in [1.29, 1.82) is 0 Å². The summed E-state index contributed by atoms with van der Waals surface area (Å²) in [5, 5.41) is 0. The number of benzene rings is 1. The highest BCUT2D eigenvalue weighted by Crippen LogP contribution is 2.32. The molecule has 0 spiro atoms. The Morgan fingerprint density at radius 2 is 2.16 bits per heavy atom. The minimum absolute atomic E-state index is 0.615. The van der Waals surface area contributed by atoms with Crippen molar-refractivity contribution in [3.63, 3.8) is 0 Å². The number of hydrogen-bond acceptors (Lipinski definition) is 3. The lowest BCUT2D eigenvalue weighted by molar-refractivity contribution is 0.146. The molecule has 0 N–H and O–H groups in total. The molecule has 0 radical (unpaired) electrons. The van der Waals surface area contributed by atoms with Crippen LogP contribution in [0.1, 0.15) is 31.2 Å². The Bertz CT molecular complexity index is 394. The van der Waals surface area contributed by atoms with E-state index in [2.05, 4.69) is 37.1 Å². The number of ether oxygens (including phenoxy) is 2. The van der Waals surface area contributed by atoms with Crippen LogP contribution in [0, 0.1) is 0 Å². The van der Waals surface area contributed by atoms with E-state index in [1.807, 2.05) is 6.07 Å². The fraction of sp³-hybridized carbons (Fsp3) is 0.625. The maximum atomic E-state index is 5.69. The molecule has 0 bridgehead atoms. The highest BCUT2D eigenvalue weighted by atomic mass is 16.5. The van der Waals surface area contributed by atoms with Crippen molar-refractivity contribution in [2.24, 2.45) is 0 Å². The van der Waals surface area contributed by atoms with Gasteiger partial charge in [0, 0.05) is 13.2 Å². The van der Waals surface area contributed by atoms with Crippen LogP contribution in [0.4, 0.5) is 0 Å². The molecule has 106 valence electrons. The Kier molecular flexibility index (Phi) is 5.23. The average Bonchev–Trinajstić information content (AvgIpc) is 2.43. The van der Waals surface area contributed by atoms with Crippen molar-refractivity contribution in [2.45, 2.75) is 31.7 Å². The summed E-state index contributed by atoms with van der Waals surface area (Å²) in [7, 11) is 3.91. The molecule has 19 heavy (non-hydrogen) atoms. The maximum Gasteiger partial charge on any atom is 0.119 e. The second-order valence-electron chi connectivity index (χ2n) is 5.46. The molecule has 1 aromatic carbocycles. The molecule has 1 aromatic rings. The number of methoxy groups -OCH3 is 1. The van der Waals surface area contributed by atoms with Gasteiger partial charge in [-0.25, -0.2) is 0 Å². The SMILES string of the molecule is COCCOc1cccc(C2CCN(C)C(C)C2)c1. The molecule has 1 fully saturated rings. The van der Waals surface area contributed by atoms with Gasteiger partial charge in [-0.05, 0) is 57.0 Å². The summed E-state index contributed by atoms with van der Waals surface area (Å²) < 4.78 is 10.7. The monoisotopic (exact) mass is 263 g/mol. The van der Waals surface area contributed by atoms with Crippen LogP contribution < -0.4 is 4.74 Å². The first-order valence-corrected chi connectivity index (χ1v) is 7.12. The quantitative estimate of drug-likeness (QED) is 0.762. The Morgan fingerprint density at radius 3 is 2.89 bits per heavy atom. The van der Waals surface area contributed by atoms with Gasteiger partial charge in [0.1, 0.15) is 12.4 Å². The number of likely N-dealkylation sites (tertiary alicyclic amines) is 1. The summed E-state index contributed by atoms with van der Waals surface area (Å²) >= 11 is 0. The van der Waals surface area contributed by atoms with E-state index in [-0.39, 0.29) is 0 Å². The van der Waals surface area contributed by atoms with Crippen LogP contribution in [0.5, 0.6) is 5.75 Å². The fourth-order valence-corrected chi connectivity index (χ4v) is 2.69. The Balaban J connectivity index is 1.98. The molecule has 1 aliphatic heterocycles. The smallest absolute Gasteiger partial charge is 0.119 e. The Labute approximate surface area is 116 Å². The van der Waals surface area contributed by atoms with E-state index in [0.717, 1.165) is 5.75 Å². The van der Waals surface area contributed by atoms with Gasteiger partial charge in [0.05, 0.1) is 6.61 Å². The lowest BCUT2D eigenvalue weighted by Gasteiger charge is -2.35. The van der Waals surface area contributed by atoms with Gasteiger partial charge in [0.15, 0.2) is 0 Å². The van der Waals surface area contributed by atoms with Crippen molar-refractivity contribution < 1.29 is 9.47 Å². The normalized spacial score (nSPS) is 24.4. The zero-order valence-corrected chi connectivity index (χ0v) is 12.3. The van der Waals surface area contributed by atoms with Crippen LogP contribution in [0.2, 0.25) is 0 Å². The molecule has 1 heterocycles. The molecule has 1 aliphatic rings. The van der Waals surface area contributed by atoms with Crippen molar-refractivity contribution in [3.05, 3.63) is 29.8 Å². The first-order valence-electron chi connectivity index (χ1n) is 7.12. The van der Waals surface area contributed by atoms with Crippen LogP contribution in [0.3, 0.4) is 0 Å². The van der Waals surface area contributed by atoms with E-state index < -0.39 is 0 Å². The third kappa shape index (κ3) is 3.95. The van der Waals surface area contributed by atoms with Gasteiger partial charge in [0.2, 0.25) is 0 Å². The first kappa shape index (κ1) is 14.4. The van der Waals surface area contributed by atoms with E-state index in [0.29, 0.717) is 25.2 Å². The topological polar surface area (TPSA) is 21.7 Å². The third-order valence-electron chi connectivity index (χ3n) is 4.09. The van der Waals surface area contributed by atoms with Gasteiger partial charge in [-0.1, -0.05) is 12.1 Å². The Hall–Kier alpha value is -1.06. The van der Waals surface area contributed by atoms with E-state index in [4.69, 9.17) is 9.47 Å².